The maximum absolute atomic E-state index is 2.46. The minimum Gasteiger partial charge on any atom is -0.0654 e. The molecule has 0 aromatic heterocycles. The molecule has 0 saturated heterocycles. The van der Waals surface area contributed by atoms with Crippen molar-refractivity contribution in [2.45, 2.75) is 291 Å². The first-order chi connectivity index (χ1) is 24.7. The predicted octanol–water partition coefficient (Wildman–Crippen LogP) is 18.8. The van der Waals surface area contributed by atoms with Gasteiger partial charge in [0.15, 0.2) is 0 Å². The van der Waals surface area contributed by atoms with Crippen molar-refractivity contribution in [3.05, 3.63) is 0 Å². The molecule has 0 saturated carbocycles. The van der Waals surface area contributed by atoms with Crippen LogP contribution >= 0.6 is 7.26 Å². The van der Waals surface area contributed by atoms with Crippen LogP contribution in [0, 0.1) is 0 Å². The summed E-state index contributed by atoms with van der Waals surface area (Å²) in [6.45, 7) is 9.44. The molecule has 0 fully saturated rings. The molecule has 304 valence electrons. The topological polar surface area (TPSA) is 0 Å². The first-order valence-electron chi connectivity index (χ1n) is 24.7. The third-order valence-corrected chi connectivity index (χ3v) is 18.1. The molecule has 0 aromatic carbocycles. The van der Waals surface area contributed by atoms with Crippen molar-refractivity contribution >= 4 is 7.26 Å². The summed E-state index contributed by atoms with van der Waals surface area (Å²) < 4.78 is 0. The summed E-state index contributed by atoms with van der Waals surface area (Å²) in [5.41, 5.74) is 0. The van der Waals surface area contributed by atoms with Crippen LogP contribution in [0.3, 0.4) is 0 Å². The van der Waals surface area contributed by atoms with Crippen LogP contribution in [-0.4, -0.2) is 24.6 Å². The van der Waals surface area contributed by atoms with Crippen molar-refractivity contribution < 1.29 is 0 Å². The number of hydrogen-bond acceptors (Lipinski definition) is 0. The Balaban J connectivity index is 4.43. The summed E-state index contributed by atoms with van der Waals surface area (Å²) in [5.74, 6) is 0. The van der Waals surface area contributed by atoms with E-state index in [4.69, 9.17) is 0 Å². The zero-order chi connectivity index (χ0) is 36.3. The third-order valence-electron chi connectivity index (χ3n) is 12.5. The Hall–Kier alpha value is 0.430. The average Bonchev–Trinajstić information content (AvgIpc) is 3.13. The Morgan fingerprint density at radius 3 is 0.480 bits per heavy atom. The number of unbranched alkanes of at least 4 members (excludes halogenated alkanes) is 37. The van der Waals surface area contributed by atoms with E-state index in [1.165, 1.54) is 244 Å². The molecule has 0 radical (unpaired) electrons. The zero-order valence-electron chi connectivity index (χ0n) is 36.3. The van der Waals surface area contributed by atoms with Crippen LogP contribution < -0.4 is 0 Å². The van der Waals surface area contributed by atoms with Gasteiger partial charge in [0.25, 0.3) is 0 Å². The molecule has 0 rings (SSSR count). The van der Waals surface area contributed by atoms with Gasteiger partial charge >= 0.3 is 264 Å². The molecule has 0 heterocycles. The Bertz CT molecular complexity index is 510. The van der Waals surface area contributed by atoms with Gasteiger partial charge in [-0.1, -0.05) is 59.3 Å². The summed E-state index contributed by atoms with van der Waals surface area (Å²) in [5, 5.41) is 0. The van der Waals surface area contributed by atoms with Crippen LogP contribution in [0.5, 0.6) is 0 Å². The Labute approximate surface area is 321 Å². The zero-order valence-corrected chi connectivity index (χ0v) is 37.3. The Morgan fingerprint density at radius 2 is 0.300 bits per heavy atom. The monoisotopic (exact) mass is 723 g/mol. The minimum atomic E-state index is -1.12. The van der Waals surface area contributed by atoms with E-state index in [1.807, 2.05) is 0 Å². The van der Waals surface area contributed by atoms with Crippen LogP contribution in [0.1, 0.15) is 291 Å². The fraction of sp³-hybridized carbons (Fsp3) is 1.00. The molecule has 1 heteroatoms. The van der Waals surface area contributed by atoms with Crippen LogP contribution in [-0.2, 0) is 0 Å². The van der Waals surface area contributed by atoms with E-state index < -0.39 is 7.26 Å². The van der Waals surface area contributed by atoms with Gasteiger partial charge < -0.3 is 0 Å². The van der Waals surface area contributed by atoms with E-state index in [9.17, 15) is 0 Å². The van der Waals surface area contributed by atoms with Gasteiger partial charge in [-0.15, -0.1) is 0 Å². The normalized spacial score (nSPS) is 12.3. The van der Waals surface area contributed by atoms with Gasteiger partial charge in [0.2, 0.25) is 0 Å². The second-order valence-electron chi connectivity index (χ2n) is 17.6. The first-order valence-corrected chi connectivity index (χ1v) is 27.6. The van der Waals surface area contributed by atoms with Gasteiger partial charge in [0, 0.05) is 0 Å². The van der Waals surface area contributed by atoms with Gasteiger partial charge in [-0.2, -0.15) is 0 Å². The molecule has 0 aliphatic rings. The standard InChI is InChI=1S/C49H103P/c1-5-9-13-16-19-22-25-28-31-34-37-40-43-47-50(46-12-8-4,48-44-41-38-35-32-29-26-23-20-17-14-10-6-2)49-45-42-39-36-33-30-27-24-21-18-15-11-7-3/h50H,5-49H2,1-4H3. The fourth-order valence-corrected chi connectivity index (χ4v) is 14.5. The van der Waals surface area contributed by atoms with Gasteiger partial charge in [-0.25, -0.2) is 0 Å². The number of rotatable bonds is 45. The third kappa shape index (κ3) is 38.2. The van der Waals surface area contributed by atoms with Crippen LogP contribution in [0.2, 0.25) is 0 Å². The van der Waals surface area contributed by atoms with Crippen molar-refractivity contribution in [3.8, 4) is 0 Å². The van der Waals surface area contributed by atoms with Crippen molar-refractivity contribution in [3.63, 3.8) is 0 Å². The van der Waals surface area contributed by atoms with Crippen molar-refractivity contribution in [2.75, 3.05) is 24.6 Å². The SMILES string of the molecule is CCCCCCCCCCCCCCC[PH](CCCC)(CCCCCCCCCCCCCCC)CCCCCCCCCCCCCCC. The summed E-state index contributed by atoms with van der Waals surface area (Å²) >= 11 is 0. The minimum absolute atomic E-state index is 1.12. The van der Waals surface area contributed by atoms with E-state index >= 15 is 0 Å². The van der Waals surface area contributed by atoms with E-state index in [0.29, 0.717) is 0 Å². The van der Waals surface area contributed by atoms with Gasteiger partial charge in [-0.05, 0) is 0 Å². The summed E-state index contributed by atoms with van der Waals surface area (Å²) in [6, 6.07) is 0. The molecule has 0 atom stereocenters. The predicted molar refractivity (Wildman–Crippen MR) is 240 cm³/mol. The summed E-state index contributed by atoms with van der Waals surface area (Å²) in [4.78, 5) is 0. The smallest absolute Gasteiger partial charge is 0.0654 e. The molecule has 0 aliphatic carbocycles. The maximum atomic E-state index is 2.46. The van der Waals surface area contributed by atoms with Crippen LogP contribution in [0.25, 0.3) is 0 Å². The van der Waals surface area contributed by atoms with E-state index in [0.717, 1.165) is 0 Å². The second kappa shape index (κ2) is 43.8. The van der Waals surface area contributed by atoms with E-state index in [2.05, 4.69) is 27.7 Å². The molecule has 50 heavy (non-hydrogen) atoms. The molecule has 0 aliphatic heterocycles. The van der Waals surface area contributed by atoms with Gasteiger partial charge in [0.05, 0.1) is 0 Å². The van der Waals surface area contributed by atoms with Crippen molar-refractivity contribution in [1.29, 1.82) is 0 Å². The Kier molecular flexibility index (Phi) is 44.2. The van der Waals surface area contributed by atoms with E-state index in [-0.39, 0.29) is 0 Å². The molecule has 0 bridgehead atoms. The number of hydrogen-bond donors (Lipinski definition) is 0. The van der Waals surface area contributed by atoms with Crippen LogP contribution in [0.4, 0.5) is 0 Å². The molecule has 0 aromatic rings. The van der Waals surface area contributed by atoms with Crippen molar-refractivity contribution in [2.24, 2.45) is 0 Å². The van der Waals surface area contributed by atoms with Crippen LogP contribution in [0.15, 0.2) is 0 Å². The van der Waals surface area contributed by atoms with Crippen molar-refractivity contribution in [1.82, 2.24) is 0 Å². The molecular weight excluding hydrogens is 620 g/mol. The summed E-state index contributed by atoms with van der Waals surface area (Å²) in [7, 11) is -1.12. The molecule has 0 spiro atoms. The molecular formula is C49H103P. The fourth-order valence-electron chi connectivity index (χ4n) is 8.86. The molecule has 0 amide bonds. The van der Waals surface area contributed by atoms with Gasteiger partial charge in [0.1, 0.15) is 0 Å². The quantitative estimate of drug-likeness (QED) is 0.0434. The Morgan fingerprint density at radius 1 is 0.160 bits per heavy atom. The average molecular weight is 723 g/mol. The molecule has 0 N–H and O–H groups in total. The summed E-state index contributed by atoms with van der Waals surface area (Å²) in [6.07, 6.45) is 67.9. The second-order valence-corrected chi connectivity index (χ2v) is 22.6. The van der Waals surface area contributed by atoms with E-state index in [1.54, 1.807) is 43.9 Å². The van der Waals surface area contributed by atoms with Gasteiger partial charge in [-0.3, -0.25) is 0 Å². The molecule has 0 unspecified atom stereocenters. The molecule has 0 nitrogen and oxygen atoms in total. The first kappa shape index (κ1) is 50.4.